The quantitative estimate of drug-likeness (QED) is 0.406. The summed E-state index contributed by atoms with van der Waals surface area (Å²) in [6, 6.07) is 20.3. The van der Waals surface area contributed by atoms with Gasteiger partial charge in [-0.15, -0.1) is 0 Å². The van der Waals surface area contributed by atoms with Crippen LogP contribution in [0.2, 0.25) is 5.02 Å². The molecule has 0 radical (unpaired) electrons. The van der Waals surface area contributed by atoms with E-state index in [2.05, 4.69) is 31.2 Å². The van der Waals surface area contributed by atoms with Gasteiger partial charge in [-0.2, -0.15) is 0 Å². The Bertz CT molecular complexity index is 966. The second kappa shape index (κ2) is 4.64. The lowest BCUT2D eigenvalue weighted by molar-refractivity contribution is 0.670. The number of aryl methyl sites for hydroxylation is 1. The number of para-hydroxylation sites is 2. The smallest absolute Gasteiger partial charge is 0.143 e. The predicted octanol–water partition coefficient (Wildman–Crippen LogP) is 6.21. The maximum absolute atomic E-state index is 6.17. The van der Waals surface area contributed by atoms with Gasteiger partial charge < -0.3 is 4.42 Å². The third-order valence-electron chi connectivity index (χ3n) is 3.89. The zero-order chi connectivity index (χ0) is 14.4. The highest BCUT2D eigenvalue weighted by molar-refractivity contribution is 6.31. The first kappa shape index (κ1) is 12.5. The molecule has 1 aromatic heterocycles. The maximum atomic E-state index is 6.17. The summed E-state index contributed by atoms with van der Waals surface area (Å²) in [4.78, 5) is 0. The van der Waals surface area contributed by atoms with Crippen LogP contribution in [0.25, 0.3) is 33.1 Å². The summed E-state index contributed by atoms with van der Waals surface area (Å²) in [7, 11) is 0. The van der Waals surface area contributed by atoms with E-state index in [0.29, 0.717) is 0 Å². The van der Waals surface area contributed by atoms with Crippen LogP contribution in [-0.2, 0) is 0 Å². The number of benzene rings is 3. The van der Waals surface area contributed by atoms with Crippen LogP contribution in [0.4, 0.5) is 0 Å². The second-order valence-corrected chi connectivity index (χ2v) is 5.68. The minimum Gasteiger partial charge on any atom is -0.455 e. The van der Waals surface area contributed by atoms with Crippen LogP contribution < -0.4 is 0 Å². The molecule has 0 unspecified atom stereocenters. The second-order valence-electron chi connectivity index (χ2n) is 5.24. The molecule has 0 atom stereocenters. The van der Waals surface area contributed by atoms with Crippen molar-refractivity contribution in [3.05, 3.63) is 71.2 Å². The molecule has 1 nitrogen and oxygen atoms in total. The number of halogens is 1. The largest absolute Gasteiger partial charge is 0.455 e. The van der Waals surface area contributed by atoms with Crippen molar-refractivity contribution in [3.8, 4) is 11.1 Å². The molecule has 0 saturated carbocycles. The molecular formula is C19H13ClO. The fourth-order valence-corrected chi connectivity index (χ4v) is 3.02. The average molecular weight is 293 g/mol. The zero-order valence-corrected chi connectivity index (χ0v) is 12.3. The van der Waals surface area contributed by atoms with E-state index in [4.69, 9.17) is 16.0 Å². The van der Waals surface area contributed by atoms with Gasteiger partial charge in [0.05, 0.1) is 0 Å². The minimum atomic E-state index is 0.740. The van der Waals surface area contributed by atoms with Crippen molar-refractivity contribution in [1.29, 1.82) is 0 Å². The van der Waals surface area contributed by atoms with Gasteiger partial charge in [-0.05, 0) is 36.2 Å². The molecule has 2 heteroatoms. The third-order valence-corrected chi connectivity index (χ3v) is 4.13. The standard InChI is InChI=1S/C19H13ClO/c1-12-9-10-13(20)11-17(12)16-7-4-6-15-14-5-2-3-8-18(14)21-19(15)16/h2-11H,1H3. The van der Waals surface area contributed by atoms with Crippen molar-refractivity contribution in [2.45, 2.75) is 6.92 Å². The Kier molecular flexibility index (Phi) is 2.76. The number of hydrogen-bond acceptors (Lipinski definition) is 1. The highest BCUT2D eigenvalue weighted by atomic mass is 35.5. The molecule has 102 valence electrons. The molecule has 4 aromatic rings. The Morgan fingerprint density at radius 2 is 1.62 bits per heavy atom. The first-order valence-corrected chi connectivity index (χ1v) is 7.28. The highest BCUT2D eigenvalue weighted by Gasteiger charge is 2.13. The number of fused-ring (bicyclic) bond motifs is 3. The molecule has 4 rings (SSSR count). The van der Waals surface area contributed by atoms with E-state index in [-0.39, 0.29) is 0 Å². The highest BCUT2D eigenvalue weighted by Crippen LogP contribution is 2.37. The first-order valence-electron chi connectivity index (χ1n) is 6.91. The van der Waals surface area contributed by atoms with E-state index in [1.807, 2.05) is 36.4 Å². The minimum absolute atomic E-state index is 0.740. The summed E-state index contributed by atoms with van der Waals surface area (Å²) in [6.07, 6.45) is 0. The van der Waals surface area contributed by atoms with Crippen LogP contribution in [0.3, 0.4) is 0 Å². The van der Waals surface area contributed by atoms with Crippen molar-refractivity contribution in [3.63, 3.8) is 0 Å². The summed E-state index contributed by atoms with van der Waals surface area (Å²) in [5.74, 6) is 0. The van der Waals surface area contributed by atoms with Gasteiger partial charge in [0.25, 0.3) is 0 Å². The summed E-state index contributed by atoms with van der Waals surface area (Å²) in [5.41, 5.74) is 5.23. The van der Waals surface area contributed by atoms with Gasteiger partial charge in [0, 0.05) is 21.4 Å². The molecule has 1 heterocycles. The lowest BCUT2D eigenvalue weighted by atomic mass is 9.98. The van der Waals surface area contributed by atoms with Crippen LogP contribution >= 0.6 is 11.6 Å². The molecule has 0 saturated heterocycles. The molecular weight excluding hydrogens is 280 g/mol. The molecule has 0 bridgehead atoms. The lowest BCUT2D eigenvalue weighted by Gasteiger charge is -2.07. The summed E-state index contributed by atoms with van der Waals surface area (Å²) >= 11 is 6.17. The topological polar surface area (TPSA) is 13.1 Å². The molecule has 0 spiro atoms. The Balaban J connectivity index is 2.12. The van der Waals surface area contributed by atoms with E-state index < -0.39 is 0 Å². The average Bonchev–Trinajstić information content (AvgIpc) is 2.88. The first-order chi connectivity index (χ1) is 10.2. The molecule has 3 aromatic carbocycles. The van der Waals surface area contributed by atoms with Crippen LogP contribution in [-0.4, -0.2) is 0 Å². The van der Waals surface area contributed by atoms with Crippen LogP contribution in [0.15, 0.2) is 65.1 Å². The fourth-order valence-electron chi connectivity index (χ4n) is 2.84. The van der Waals surface area contributed by atoms with E-state index in [1.54, 1.807) is 0 Å². The molecule has 21 heavy (non-hydrogen) atoms. The molecule has 0 aliphatic heterocycles. The van der Waals surface area contributed by atoms with Gasteiger partial charge in [0.1, 0.15) is 11.2 Å². The van der Waals surface area contributed by atoms with Crippen LogP contribution in [0.5, 0.6) is 0 Å². The monoisotopic (exact) mass is 292 g/mol. The third kappa shape index (κ3) is 1.93. The Morgan fingerprint density at radius 3 is 2.52 bits per heavy atom. The molecule has 0 aliphatic carbocycles. The number of hydrogen-bond donors (Lipinski definition) is 0. The Morgan fingerprint density at radius 1 is 0.810 bits per heavy atom. The lowest BCUT2D eigenvalue weighted by Crippen LogP contribution is -1.84. The summed E-state index contributed by atoms with van der Waals surface area (Å²) in [6.45, 7) is 2.09. The molecule has 0 amide bonds. The fraction of sp³-hybridized carbons (Fsp3) is 0.0526. The normalized spacial score (nSPS) is 11.3. The predicted molar refractivity (Wildman–Crippen MR) is 88.9 cm³/mol. The van der Waals surface area contributed by atoms with E-state index in [0.717, 1.165) is 38.1 Å². The molecule has 0 aliphatic rings. The van der Waals surface area contributed by atoms with Crippen LogP contribution in [0.1, 0.15) is 5.56 Å². The number of rotatable bonds is 1. The van der Waals surface area contributed by atoms with Crippen molar-refractivity contribution in [2.75, 3.05) is 0 Å². The molecule has 0 fully saturated rings. The van der Waals surface area contributed by atoms with Gasteiger partial charge in [-0.1, -0.05) is 54.1 Å². The van der Waals surface area contributed by atoms with Crippen molar-refractivity contribution in [2.24, 2.45) is 0 Å². The van der Waals surface area contributed by atoms with Crippen LogP contribution in [0, 0.1) is 6.92 Å². The molecule has 0 N–H and O–H groups in total. The Labute approximate surface area is 127 Å². The van der Waals surface area contributed by atoms with E-state index >= 15 is 0 Å². The Hall–Kier alpha value is -2.25. The summed E-state index contributed by atoms with van der Waals surface area (Å²) in [5, 5.41) is 3.03. The van der Waals surface area contributed by atoms with E-state index in [1.165, 1.54) is 5.56 Å². The van der Waals surface area contributed by atoms with Crippen molar-refractivity contribution >= 4 is 33.5 Å². The van der Waals surface area contributed by atoms with Crippen molar-refractivity contribution < 1.29 is 4.42 Å². The van der Waals surface area contributed by atoms with Gasteiger partial charge in [0.15, 0.2) is 0 Å². The van der Waals surface area contributed by atoms with Gasteiger partial charge >= 0.3 is 0 Å². The number of furan rings is 1. The van der Waals surface area contributed by atoms with Gasteiger partial charge in [0.2, 0.25) is 0 Å². The SMILES string of the molecule is Cc1ccc(Cl)cc1-c1cccc2c1oc1ccccc12. The summed E-state index contributed by atoms with van der Waals surface area (Å²) < 4.78 is 6.09. The zero-order valence-electron chi connectivity index (χ0n) is 11.6. The van der Waals surface area contributed by atoms with Gasteiger partial charge in [-0.3, -0.25) is 0 Å². The van der Waals surface area contributed by atoms with E-state index in [9.17, 15) is 0 Å². The van der Waals surface area contributed by atoms with Crippen molar-refractivity contribution in [1.82, 2.24) is 0 Å². The maximum Gasteiger partial charge on any atom is 0.143 e. The van der Waals surface area contributed by atoms with Gasteiger partial charge in [-0.25, -0.2) is 0 Å².